The van der Waals surface area contributed by atoms with Crippen LogP contribution in [0.3, 0.4) is 0 Å². The maximum atomic E-state index is 12.1. The van der Waals surface area contributed by atoms with Gasteiger partial charge in [0.25, 0.3) is 0 Å². The summed E-state index contributed by atoms with van der Waals surface area (Å²) in [4.78, 5) is 40.8. The van der Waals surface area contributed by atoms with Gasteiger partial charge in [0.1, 0.15) is 0 Å². The molecule has 16 heteroatoms. The van der Waals surface area contributed by atoms with Gasteiger partial charge in [-0.15, -0.1) is 0 Å². The number of carbonyl (C=O) groups is 4. The van der Waals surface area contributed by atoms with Crippen molar-refractivity contribution in [1.82, 2.24) is 5.32 Å². The van der Waals surface area contributed by atoms with Gasteiger partial charge in [-0.1, -0.05) is 36.8 Å². The monoisotopic (exact) mass is 549 g/mol. The zero-order valence-corrected chi connectivity index (χ0v) is 19.4. The van der Waals surface area contributed by atoms with E-state index in [0.717, 1.165) is 24.8 Å². The average molecular weight is 549 g/mol. The molecule has 0 radical (unpaired) electrons. The lowest BCUT2D eigenvalue weighted by molar-refractivity contribution is -0.193. The summed E-state index contributed by atoms with van der Waals surface area (Å²) in [5.74, 6) is -6.65. The molecule has 0 heterocycles. The number of alkyl halides is 6. The van der Waals surface area contributed by atoms with Gasteiger partial charge in [0, 0.05) is 18.5 Å². The van der Waals surface area contributed by atoms with Crippen LogP contribution in [-0.4, -0.2) is 70.1 Å². The van der Waals surface area contributed by atoms with E-state index in [1.807, 2.05) is 30.3 Å². The number of hydrogen-bond donors (Lipinski definition) is 6. The predicted molar refractivity (Wildman–Crippen MR) is 117 cm³/mol. The number of aliphatic carboxylic acids is 3. The van der Waals surface area contributed by atoms with Crippen molar-refractivity contribution in [3.63, 3.8) is 0 Å². The minimum Gasteiger partial charge on any atom is -0.481 e. The molecular formula is C21H29F6N3O7. The van der Waals surface area contributed by atoms with E-state index in [0.29, 0.717) is 13.0 Å². The summed E-state index contributed by atoms with van der Waals surface area (Å²) in [7, 11) is 0. The number of hydrogen-bond acceptors (Lipinski definition) is 6. The first kappa shape index (κ1) is 35.8. The van der Waals surface area contributed by atoms with Crippen molar-refractivity contribution in [3.8, 4) is 0 Å². The fraction of sp³-hybridized carbons (Fsp3) is 0.524. The Balaban J connectivity index is 0. The van der Waals surface area contributed by atoms with E-state index in [-0.39, 0.29) is 24.8 Å². The second-order valence-electron chi connectivity index (χ2n) is 7.41. The Bertz CT molecular complexity index is 812. The number of amides is 1. The topological polar surface area (TPSA) is 193 Å². The van der Waals surface area contributed by atoms with E-state index in [4.69, 9.17) is 36.4 Å². The highest BCUT2D eigenvalue weighted by Gasteiger charge is 2.38. The quantitative estimate of drug-likeness (QED) is 0.177. The largest absolute Gasteiger partial charge is 0.490 e. The van der Waals surface area contributed by atoms with Gasteiger partial charge in [-0.2, -0.15) is 26.3 Å². The lowest BCUT2D eigenvalue weighted by Gasteiger charge is -2.19. The van der Waals surface area contributed by atoms with Gasteiger partial charge in [0.2, 0.25) is 5.91 Å². The van der Waals surface area contributed by atoms with Gasteiger partial charge in [-0.3, -0.25) is 9.59 Å². The van der Waals surface area contributed by atoms with E-state index < -0.39 is 36.3 Å². The van der Waals surface area contributed by atoms with Gasteiger partial charge < -0.3 is 32.1 Å². The highest BCUT2D eigenvalue weighted by molar-refractivity contribution is 5.78. The molecule has 37 heavy (non-hydrogen) atoms. The van der Waals surface area contributed by atoms with Crippen LogP contribution in [0.1, 0.15) is 37.7 Å². The molecule has 0 aliphatic carbocycles. The van der Waals surface area contributed by atoms with Crippen molar-refractivity contribution < 1.29 is 60.8 Å². The Morgan fingerprint density at radius 1 is 0.838 bits per heavy atom. The molecule has 1 rings (SSSR count). The number of benzene rings is 1. The SMILES string of the molecule is NCCCC[C@H](N)CC(=O)N[C@H](CC(=O)O)Cc1ccccc1.O=C(O)C(F)(F)F.O=C(O)C(F)(F)F. The van der Waals surface area contributed by atoms with Crippen LogP contribution >= 0.6 is 0 Å². The van der Waals surface area contributed by atoms with Crippen LogP contribution in [0, 0.1) is 0 Å². The standard InChI is InChI=1S/C17H27N3O3.2C2HF3O2/c18-9-5-4-8-14(19)11-16(21)20-15(12-17(22)23)10-13-6-2-1-3-7-13;2*3-2(4,5)1(6)7/h1-3,6-7,14-15H,4-5,8-12,18-19H2,(H,20,21)(H,22,23);2*(H,6,7)/t14-,15-;;/m0../s1. The molecule has 8 N–H and O–H groups in total. The van der Waals surface area contributed by atoms with Crippen LogP contribution in [-0.2, 0) is 25.6 Å². The molecule has 0 saturated heterocycles. The molecule has 0 bridgehead atoms. The van der Waals surface area contributed by atoms with E-state index in [2.05, 4.69) is 5.32 Å². The Kier molecular flexibility index (Phi) is 17.3. The van der Waals surface area contributed by atoms with Crippen LogP contribution in [0.25, 0.3) is 0 Å². The lowest BCUT2D eigenvalue weighted by atomic mass is 10.0. The van der Waals surface area contributed by atoms with Crippen molar-refractivity contribution in [3.05, 3.63) is 35.9 Å². The Labute approximate surface area is 207 Å². The number of rotatable bonds is 11. The third kappa shape index (κ3) is 21.6. The van der Waals surface area contributed by atoms with E-state index in [1.54, 1.807) is 0 Å². The molecule has 212 valence electrons. The maximum absolute atomic E-state index is 12.1. The van der Waals surface area contributed by atoms with Gasteiger partial charge in [0.15, 0.2) is 0 Å². The summed E-state index contributed by atoms with van der Waals surface area (Å²) in [6, 6.07) is 8.86. The summed E-state index contributed by atoms with van der Waals surface area (Å²) < 4.78 is 63.5. The van der Waals surface area contributed by atoms with Crippen molar-refractivity contribution in [2.75, 3.05) is 6.54 Å². The number of carboxylic acid groups (broad SMARTS) is 3. The summed E-state index contributed by atoms with van der Waals surface area (Å²) in [6.45, 7) is 0.622. The summed E-state index contributed by atoms with van der Waals surface area (Å²) in [5.41, 5.74) is 12.3. The van der Waals surface area contributed by atoms with E-state index >= 15 is 0 Å². The molecule has 0 fully saturated rings. The zero-order valence-electron chi connectivity index (χ0n) is 19.4. The van der Waals surface area contributed by atoms with Gasteiger partial charge in [-0.25, -0.2) is 9.59 Å². The third-order valence-electron chi connectivity index (χ3n) is 4.07. The maximum Gasteiger partial charge on any atom is 0.490 e. The second kappa shape index (κ2) is 17.9. The van der Waals surface area contributed by atoms with Crippen LogP contribution in [0.4, 0.5) is 26.3 Å². The summed E-state index contributed by atoms with van der Waals surface area (Å²) >= 11 is 0. The van der Waals surface area contributed by atoms with Gasteiger partial charge >= 0.3 is 30.3 Å². The molecule has 0 spiro atoms. The average Bonchev–Trinajstić information content (AvgIpc) is 2.73. The minimum atomic E-state index is -5.08. The smallest absolute Gasteiger partial charge is 0.481 e. The normalized spacial score (nSPS) is 12.5. The molecule has 0 aliphatic heterocycles. The molecule has 1 amide bonds. The lowest BCUT2D eigenvalue weighted by Crippen LogP contribution is -2.40. The molecule has 0 saturated carbocycles. The number of carbonyl (C=O) groups excluding carboxylic acids is 1. The molecule has 0 unspecified atom stereocenters. The molecule has 0 aliphatic rings. The number of nitrogens with two attached hydrogens (primary N) is 2. The fourth-order valence-electron chi connectivity index (χ4n) is 2.46. The number of nitrogens with one attached hydrogen (secondary N) is 1. The number of unbranched alkanes of at least 4 members (excludes halogenated alkanes) is 1. The fourth-order valence-corrected chi connectivity index (χ4v) is 2.46. The Hall–Kier alpha value is -3.40. The number of halogens is 6. The van der Waals surface area contributed by atoms with E-state index in [9.17, 15) is 35.9 Å². The van der Waals surface area contributed by atoms with Crippen molar-refractivity contribution in [1.29, 1.82) is 0 Å². The van der Waals surface area contributed by atoms with Crippen LogP contribution in [0.2, 0.25) is 0 Å². The zero-order chi connectivity index (χ0) is 29.2. The Morgan fingerprint density at radius 2 is 1.30 bits per heavy atom. The van der Waals surface area contributed by atoms with Crippen molar-refractivity contribution >= 4 is 23.8 Å². The first-order chi connectivity index (χ1) is 16.9. The van der Waals surface area contributed by atoms with Gasteiger partial charge in [-0.05, 0) is 31.4 Å². The Morgan fingerprint density at radius 3 is 1.68 bits per heavy atom. The first-order valence-electron chi connectivity index (χ1n) is 10.5. The van der Waals surface area contributed by atoms with Crippen molar-refractivity contribution in [2.24, 2.45) is 11.5 Å². The summed E-state index contributed by atoms with van der Waals surface area (Å²) in [5, 5.41) is 26.1. The molecule has 0 aromatic heterocycles. The van der Waals surface area contributed by atoms with Gasteiger partial charge in [0.05, 0.1) is 6.42 Å². The first-order valence-corrected chi connectivity index (χ1v) is 10.5. The van der Waals surface area contributed by atoms with Crippen LogP contribution in [0.15, 0.2) is 30.3 Å². The third-order valence-corrected chi connectivity index (χ3v) is 4.07. The molecular weight excluding hydrogens is 520 g/mol. The minimum absolute atomic E-state index is 0.108. The predicted octanol–water partition coefficient (Wildman–Crippen LogP) is 2.30. The van der Waals surface area contributed by atoms with Crippen LogP contribution < -0.4 is 16.8 Å². The van der Waals surface area contributed by atoms with Crippen molar-refractivity contribution in [2.45, 2.75) is 63.0 Å². The van der Waals surface area contributed by atoms with E-state index in [1.165, 1.54) is 0 Å². The highest BCUT2D eigenvalue weighted by atomic mass is 19.4. The molecule has 10 nitrogen and oxygen atoms in total. The molecule has 1 aromatic carbocycles. The van der Waals surface area contributed by atoms with Crippen LogP contribution in [0.5, 0.6) is 0 Å². The second-order valence-corrected chi connectivity index (χ2v) is 7.41. The highest BCUT2D eigenvalue weighted by Crippen LogP contribution is 2.13. The molecule has 2 atom stereocenters. The number of carboxylic acids is 3. The molecule has 1 aromatic rings. The summed E-state index contributed by atoms with van der Waals surface area (Å²) in [6.07, 6.45) is -7.05.